The van der Waals surface area contributed by atoms with Crippen molar-refractivity contribution in [2.45, 2.75) is 25.7 Å². The van der Waals surface area contributed by atoms with Crippen LogP contribution in [0.15, 0.2) is 11.6 Å². The number of carbonyl (C=O) groups is 1. The maximum atomic E-state index is 11.6. The fourth-order valence-corrected chi connectivity index (χ4v) is 2.86. The van der Waals surface area contributed by atoms with Crippen molar-refractivity contribution in [3.63, 3.8) is 0 Å². The molecule has 0 spiro atoms. The number of halogens is 1. The molecule has 78 valence electrons. The van der Waals surface area contributed by atoms with E-state index in [2.05, 4.69) is 6.58 Å². The van der Waals surface area contributed by atoms with Crippen molar-refractivity contribution in [1.82, 2.24) is 4.90 Å². The first kappa shape index (κ1) is 10.0. The first-order chi connectivity index (χ1) is 6.68. The number of rotatable bonds is 1. The molecule has 0 radical (unpaired) electrons. The first-order valence-electron chi connectivity index (χ1n) is 5.32. The zero-order chi connectivity index (χ0) is 10.1. The van der Waals surface area contributed by atoms with E-state index in [0.29, 0.717) is 0 Å². The molecule has 14 heavy (non-hydrogen) atoms. The maximum absolute atomic E-state index is 11.6. The van der Waals surface area contributed by atoms with Crippen LogP contribution in [0.5, 0.6) is 0 Å². The Bertz CT molecular complexity index is 250. The Morgan fingerprint density at radius 2 is 1.71 bits per heavy atom. The van der Waals surface area contributed by atoms with E-state index in [1.54, 1.807) is 0 Å². The van der Waals surface area contributed by atoms with Crippen LogP contribution in [-0.2, 0) is 4.79 Å². The Labute approximate surface area is 89.9 Å². The summed E-state index contributed by atoms with van der Waals surface area (Å²) in [6.45, 7) is 5.29. The zero-order valence-electron chi connectivity index (χ0n) is 8.34. The van der Waals surface area contributed by atoms with Gasteiger partial charge in [-0.3, -0.25) is 4.79 Å². The van der Waals surface area contributed by atoms with Gasteiger partial charge in [-0.2, -0.15) is 0 Å². The predicted molar refractivity (Wildman–Crippen MR) is 57.0 cm³/mol. The van der Waals surface area contributed by atoms with Gasteiger partial charge in [0.25, 0.3) is 5.91 Å². The number of hydrogen-bond acceptors (Lipinski definition) is 1. The van der Waals surface area contributed by atoms with Crippen LogP contribution in [0, 0.1) is 11.8 Å². The monoisotopic (exact) mass is 213 g/mol. The van der Waals surface area contributed by atoms with E-state index >= 15 is 0 Å². The van der Waals surface area contributed by atoms with Crippen molar-refractivity contribution >= 4 is 17.5 Å². The van der Waals surface area contributed by atoms with Gasteiger partial charge in [-0.1, -0.05) is 31.0 Å². The molecule has 1 aliphatic carbocycles. The Hall–Kier alpha value is -0.500. The van der Waals surface area contributed by atoms with Crippen molar-refractivity contribution in [3.05, 3.63) is 11.6 Å². The zero-order valence-corrected chi connectivity index (χ0v) is 9.09. The van der Waals surface area contributed by atoms with Crippen molar-refractivity contribution in [2.24, 2.45) is 11.8 Å². The van der Waals surface area contributed by atoms with Gasteiger partial charge >= 0.3 is 0 Å². The summed E-state index contributed by atoms with van der Waals surface area (Å²) < 4.78 is 0. The van der Waals surface area contributed by atoms with Crippen LogP contribution in [0.4, 0.5) is 0 Å². The van der Waals surface area contributed by atoms with Crippen LogP contribution in [0.25, 0.3) is 0 Å². The van der Waals surface area contributed by atoms with E-state index in [0.717, 1.165) is 24.9 Å². The van der Waals surface area contributed by atoms with Crippen LogP contribution in [0.2, 0.25) is 0 Å². The standard InChI is InChI=1S/C11H16ClNO/c1-8(12)11(14)13-6-9-4-2-3-5-10(9)7-13/h9-10H,1-7H2/t9-,10+. The molecule has 1 aliphatic heterocycles. The highest BCUT2D eigenvalue weighted by molar-refractivity contribution is 6.41. The van der Waals surface area contributed by atoms with Gasteiger partial charge in [-0.05, 0) is 24.7 Å². The summed E-state index contributed by atoms with van der Waals surface area (Å²) >= 11 is 5.62. The summed E-state index contributed by atoms with van der Waals surface area (Å²) in [5, 5.41) is 0.156. The molecule has 2 nitrogen and oxygen atoms in total. The molecule has 2 aliphatic rings. The molecule has 0 bridgehead atoms. The first-order valence-corrected chi connectivity index (χ1v) is 5.70. The summed E-state index contributed by atoms with van der Waals surface area (Å²) in [4.78, 5) is 13.5. The maximum Gasteiger partial charge on any atom is 0.264 e. The lowest BCUT2D eigenvalue weighted by Crippen LogP contribution is -2.28. The molecule has 0 N–H and O–H groups in total. The molecular weight excluding hydrogens is 198 g/mol. The van der Waals surface area contributed by atoms with Gasteiger partial charge in [-0.15, -0.1) is 0 Å². The van der Waals surface area contributed by atoms with Crippen LogP contribution >= 0.6 is 11.6 Å². The molecule has 0 aromatic heterocycles. The second kappa shape index (κ2) is 3.93. The summed E-state index contributed by atoms with van der Waals surface area (Å²) in [7, 11) is 0. The highest BCUT2D eigenvalue weighted by atomic mass is 35.5. The van der Waals surface area contributed by atoms with Crippen molar-refractivity contribution < 1.29 is 4.79 Å². The Kier molecular flexibility index (Phi) is 2.82. The third-order valence-corrected chi connectivity index (χ3v) is 3.66. The number of hydrogen-bond donors (Lipinski definition) is 0. The molecule has 0 aromatic carbocycles. The number of carbonyl (C=O) groups excluding carboxylic acids is 1. The summed E-state index contributed by atoms with van der Waals surface area (Å²) in [5.74, 6) is 1.38. The van der Waals surface area contributed by atoms with Gasteiger partial charge in [0.05, 0.1) is 5.03 Å². The molecule has 1 saturated heterocycles. The molecule has 0 aromatic rings. The number of amides is 1. The summed E-state index contributed by atoms with van der Waals surface area (Å²) in [6, 6.07) is 0. The SMILES string of the molecule is C=C(Cl)C(=O)N1C[C@H]2CCCC[C@H]2C1. The second-order valence-electron chi connectivity index (χ2n) is 4.42. The molecular formula is C11H16ClNO. The van der Waals surface area contributed by atoms with Crippen LogP contribution < -0.4 is 0 Å². The topological polar surface area (TPSA) is 20.3 Å². The Morgan fingerprint density at radius 3 is 2.14 bits per heavy atom. The van der Waals surface area contributed by atoms with Gasteiger partial charge in [-0.25, -0.2) is 0 Å². The van der Waals surface area contributed by atoms with E-state index in [1.165, 1.54) is 25.7 Å². The third-order valence-electron chi connectivity index (χ3n) is 3.50. The van der Waals surface area contributed by atoms with E-state index < -0.39 is 0 Å². The summed E-state index contributed by atoms with van der Waals surface area (Å²) in [5.41, 5.74) is 0. The predicted octanol–water partition coefficient (Wildman–Crippen LogP) is 2.39. The van der Waals surface area contributed by atoms with Gasteiger partial charge in [0.2, 0.25) is 0 Å². The van der Waals surface area contributed by atoms with E-state index in [4.69, 9.17) is 11.6 Å². The van der Waals surface area contributed by atoms with Gasteiger partial charge < -0.3 is 4.90 Å². The van der Waals surface area contributed by atoms with Crippen molar-refractivity contribution in [3.8, 4) is 0 Å². The normalized spacial score (nSPS) is 31.4. The second-order valence-corrected chi connectivity index (χ2v) is 4.88. The Balaban J connectivity index is 1.99. The van der Waals surface area contributed by atoms with Crippen LogP contribution in [0.3, 0.4) is 0 Å². The number of likely N-dealkylation sites (tertiary alicyclic amines) is 1. The Morgan fingerprint density at radius 1 is 1.21 bits per heavy atom. The average molecular weight is 214 g/mol. The van der Waals surface area contributed by atoms with Gasteiger partial charge in [0.15, 0.2) is 0 Å². The van der Waals surface area contributed by atoms with Crippen molar-refractivity contribution in [2.75, 3.05) is 13.1 Å². The number of nitrogens with zero attached hydrogens (tertiary/aromatic N) is 1. The molecule has 0 unspecified atom stereocenters. The highest BCUT2D eigenvalue weighted by Gasteiger charge is 2.36. The minimum absolute atomic E-state index is 0.0685. The molecule has 2 rings (SSSR count). The molecule has 2 fully saturated rings. The molecule has 2 atom stereocenters. The quantitative estimate of drug-likeness (QED) is 0.613. The minimum Gasteiger partial charge on any atom is -0.337 e. The van der Waals surface area contributed by atoms with Crippen LogP contribution in [-0.4, -0.2) is 23.9 Å². The molecule has 1 heterocycles. The minimum atomic E-state index is -0.0685. The average Bonchev–Trinajstić information content (AvgIpc) is 2.59. The van der Waals surface area contributed by atoms with Gasteiger partial charge in [0.1, 0.15) is 0 Å². The molecule has 1 saturated carbocycles. The highest BCUT2D eigenvalue weighted by Crippen LogP contribution is 2.36. The lowest BCUT2D eigenvalue weighted by atomic mass is 9.82. The van der Waals surface area contributed by atoms with Gasteiger partial charge in [0, 0.05) is 13.1 Å². The lowest BCUT2D eigenvalue weighted by molar-refractivity contribution is -0.125. The third kappa shape index (κ3) is 1.81. The molecule has 3 heteroatoms. The van der Waals surface area contributed by atoms with E-state index in [9.17, 15) is 4.79 Å². The fourth-order valence-electron chi connectivity index (χ4n) is 2.74. The van der Waals surface area contributed by atoms with Crippen molar-refractivity contribution in [1.29, 1.82) is 0 Å². The molecule has 1 amide bonds. The smallest absolute Gasteiger partial charge is 0.264 e. The summed E-state index contributed by atoms with van der Waals surface area (Å²) in [6.07, 6.45) is 5.21. The largest absolute Gasteiger partial charge is 0.337 e. The van der Waals surface area contributed by atoms with E-state index in [-0.39, 0.29) is 10.9 Å². The fraction of sp³-hybridized carbons (Fsp3) is 0.727. The number of fused-ring (bicyclic) bond motifs is 1. The van der Waals surface area contributed by atoms with Crippen LogP contribution in [0.1, 0.15) is 25.7 Å². The lowest BCUT2D eigenvalue weighted by Gasteiger charge is -2.22. The van der Waals surface area contributed by atoms with E-state index in [1.807, 2.05) is 4.90 Å².